The van der Waals surface area contributed by atoms with E-state index in [0.29, 0.717) is 26.3 Å². The van der Waals surface area contributed by atoms with Crippen LogP contribution in [0.15, 0.2) is 29.2 Å². The predicted molar refractivity (Wildman–Crippen MR) is 82.4 cm³/mol. The summed E-state index contributed by atoms with van der Waals surface area (Å²) in [6.07, 6.45) is 0.259. The second-order valence-electron chi connectivity index (χ2n) is 5.07. The van der Waals surface area contributed by atoms with Gasteiger partial charge in [-0.3, -0.25) is 9.59 Å². The number of carbonyl (C=O) groups excluding carboxylic acids is 2. The monoisotopic (exact) mass is 308 g/mol. The number of hydrogen-bond donors (Lipinski definition) is 2. The first-order chi connectivity index (χ1) is 10.1. The lowest BCUT2D eigenvalue weighted by atomic mass is 10.1. The quantitative estimate of drug-likeness (QED) is 0.812. The molecule has 2 rings (SSSR count). The van der Waals surface area contributed by atoms with Crippen molar-refractivity contribution in [1.29, 1.82) is 0 Å². The summed E-state index contributed by atoms with van der Waals surface area (Å²) >= 11 is 4.20. The van der Waals surface area contributed by atoms with Gasteiger partial charge in [0.05, 0.1) is 19.6 Å². The van der Waals surface area contributed by atoms with Gasteiger partial charge < -0.3 is 15.0 Å². The third-order valence-corrected chi connectivity index (χ3v) is 3.67. The van der Waals surface area contributed by atoms with E-state index in [0.717, 1.165) is 10.5 Å². The van der Waals surface area contributed by atoms with E-state index < -0.39 is 6.04 Å². The highest BCUT2D eigenvalue weighted by atomic mass is 32.1. The standard InChI is InChI=1S/C15H20N2O3S/c1-11(15(19)17-6-8-20-9-7-17)16-14(18)10-12-2-4-13(21)5-3-12/h2-5,11,21H,6-10H2,1H3,(H,16,18). The number of rotatable bonds is 4. The lowest BCUT2D eigenvalue weighted by Gasteiger charge is -2.29. The van der Waals surface area contributed by atoms with Gasteiger partial charge in [-0.2, -0.15) is 0 Å². The molecule has 1 unspecified atom stereocenters. The molecule has 1 fully saturated rings. The van der Waals surface area contributed by atoms with Crippen LogP contribution in [0.4, 0.5) is 0 Å². The molecule has 5 nitrogen and oxygen atoms in total. The molecule has 1 aromatic carbocycles. The lowest BCUT2D eigenvalue weighted by Crippen LogP contribution is -2.50. The number of morpholine rings is 1. The minimum Gasteiger partial charge on any atom is -0.378 e. The van der Waals surface area contributed by atoms with Gasteiger partial charge in [-0.25, -0.2) is 0 Å². The van der Waals surface area contributed by atoms with Crippen molar-refractivity contribution in [2.24, 2.45) is 0 Å². The molecule has 1 saturated heterocycles. The molecule has 2 amide bonds. The Morgan fingerprint density at radius 1 is 1.29 bits per heavy atom. The predicted octanol–water partition coefficient (Wildman–Crippen LogP) is 0.881. The molecule has 1 aliphatic heterocycles. The van der Waals surface area contributed by atoms with E-state index in [1.54, 1.807) is 11.8 Å². The van der Waals surface area contributed by atoms with Gasteiger partial charge in [-0.1, -0.05) is 12.1 Å². The third kappa shape index (κ3) is 4.75. The van der Waals surface area contributed by atoms with Crippen molar-refractivity contribution >= 4 is 24.4 Å². The van der Waals surface area contributed by atoms with Gasteiger partial charge in [0.25, 0.3) is 0 Å². The summed E-state index contributed by atoms with van der Waals surface area (Å²) in [5.74, 6) is -0.214. The highest BCUT2D eigenvalue weighted by Gasteiger charge is 2.23. The Bertz CT molecular complexity index is 498. The average molecular weight is 308 g/mol. The first-order valence-corrected chi connectivity index (χ1v) is 7.45. The van der Waals surface area contributed by atoms with Gasteiger partial charge in [-0.15, -0.1) is 12.6 Å². The first-order valence-electron chi connectivity index (χ1n) is 7.00. The molecule has 0 aromatic heterocycles. The van der Waals surface area contributed by atoms with E-state index in [-0.39, 0.29) is 18.2 Å². The zero-order chi connectivity index (χ0) is 15.2. The fourth-order valence-electron chi connectivity index (χ4n) is 2.21. The minimum atomic E-state index is -0.514. The van der Waals surface area contributed by atoms with Gasteiger partial charge in [0, 0.05) is 18.0 Å². The fraction of sp³-hybridized carbons (Fsp3) is 0.467. The molecule has 114 valence electrons. The maximum atomic E-state index is 12.2. The average Bonchev–Trinajstić information content (AvgIpc) is 2.49. The highest BCUT2D eigenvalue weighted by Crippen LogP contribution is 2.08. The molecule has 1 N–H and O–H groups in total. The maximum Gasteiger partial charge on any atom is 0.245 e. The summed E-state index contributed by atoms with van der Waals surface area (Å²) in [6, 6.07) is 6.88. The van der Waals surface area contributed by atoms with Crippen molar-refractivity contribution in [3.05, 3.63) is 29.8 Å². The van der Waals surface area contributed by atoms with Crippen molar-refractivity contribution in [1.82, 2.24) is 10.2 Å². The largest absolute Gasteiger partial charge is 0.378 e. The molecule has 0 aliphatic carbocycles. The number of benzene rings is 1. The molecular formula is C15H20N2O3S. The first kappa shape index (κ1) is 15.9. The smallest absolute Gasteiger partial charge is 0.245 e. The lowest BCUT2D eigenvalue weighted by molar-refractivity contribution is -0.139. The van der Waals surface area contributed by atoms with Crippen molar-refractivity contribution in [2.75, 3.05) is 26.3 Å². The molecular weight excluding hydrogens is 288 g/mol. The van der Waals surface area contributed by atoms with Crippen molar-refractivity contribution < 1.29 is 14.3 Å². The van der Waals surface area contributed by atoms with E-state index in [1.165, 1.54) is 0 Å². The zero-order valence-corrected chi connectivity index (χ0v) is 12.9. The molecule has 0 saturated carbocycles. The fourth-order valence-corrected chi connectivity index (χ4v) is 2.36. The van der Waals surface area contributed by atoms with Crippen LogP contribution in [-0.4, -0.2) is 49.1 Å². The molecule has 1 aliphatic rings. The Morgan fingerprint density at radius 3 is 2.52 bits per heavy atom. The van der Waals surface area contributed by atoms with Gasteiger partial charge in [0.2, 0.25) is 11.8 Å². The molecule has 1 aromatic rings. The normalized spacial score (nSPS) is 16.4. The Hall–Kier alpha value is -1.53. The number of amides is 2. The minimum absolute atomic E-state index is 0.0580. The van der Waals surface area contributed by atoms with Gasteiger partial charge >= 0.3 is 0 Å². The van der Waals surface area contributed by atoms with Gasteiger partial charge in [0.15, 0.2) is 0 Å². The summed E-state index contributed by atoms with van der Waals surface area (Å²) in [5.41, 5.74) is 0.899. The molecule has 1 heterocycles. The molecule has 21 heavy (non-hydrogen) atoms. The topological polar surface area (TPSA) is 58.6 Å². The van der Waals surface area contributed by atoms with E-state index in [9.17, 15) is 9.59 Å². The van der Waals surface area contributed by atoms with Crippen LogP contribution in [0.3, 0.4) is 0 Å². The summed E-state index contributed by atoms with van der Waals surface area (Å²) < 4.78 is 5.21. The molecule has 6 heteroatoms. The second kappa shape index (κ2) is 7.47. The van der Waals surface area contributed by atoms with Crippen molar-refractivity contribution in [3.8, 4) is 0 Å². The van der Waals surface area contributed by atoms with Crippen LogP contribution >= 0.6 is 12.6 Å². The number of carbonyl (C=O) groups is 2. The second-order valence-corrected chi connectivity index (χ2v) is 5.59. The highest BCUT2D eigenvalue weighted by molar-refractivity contribution is 7.80. The number of thiol groups is 1. The Labute approximate surface area is 130 Å². The number of hydrogen-bond acceptors (Lipinski definition) is 4. The summed E-state index contributed by atoms with van der Waals surface area (Å²) in [6.45, 7) is 4.00. The number of nitrogens with one attached hydrogen (secondary N) is 1. The molecule has 1 atom stereocenters. The van der Waals surface area contributed by atoms with Crippen LogP contribution in [0.5, 0.6) is 0 Å². The van der Waals surface area contributed by atoms with Crippen LogP contribution in [0, 0.1) is 0 Å². The Kier molecular flexibility index (Phi) is 5.64. The molecule has 0 bridgehead atoms. The molecule has 0 radical (unpaired) electrons. The van der Waals surface area contributed by atoms with Crippen LogP contribution < -0.4 is 5.32 Å². The van der Waals surface area contributed by atoms with Crippen LogP contribution in [0.25, 0.3) is 0 Å². The zero-order valence-electron chi connectivity index (χ0n) is 12.0. The van der Waals surface area contributed by atoms with E-state index in [2.05, 4.69) is 17.9 Å². The van der Waals surface area contributed by atoms with E-state index >= 15 is 0 Å². The van der Waals surface area contributed by atoms with Crippen LogP contribution in [-0.2, 0) is 20.7 Å². The van der Waals surface area contributed by atoms with Crippen LogP contribution in [0.1, 0.15) is 12.5 Å². The maximum absolute atomic E-state index is 12.2. The van der Waals surface area contributed by atoms with E-state index in [4.69, 9.17) is 4.74 Å². The third-order valence-electron chi connectivity index (χ3n) is 3.37. The Balaban J connectivity index is 1.83. The van der Waals surface area contributed by atoms with Gasteiger partial charge in [-0.05, 0) is 24.6 Å². The van der Waals surface area contributed by atoms with Gasteiger partial charge in [0.1, 0.15) is 6.04 Å². The van der Waals surface area contributed by atoms with E-state index in [1.807, 2.05) is 24.3 Å². The Morgan fingerprint density at radius 2 is 1.90 bits per heavy atom. The number of ether oxygens (including phenoxy) is 1. The summed E-state index contributed by atoms with van der Waals surface area (Å²) in [4.78, 5) is 26.7. The SMILES string of the molecule is CC(NC(=O)Cc1ccc(S)cc1)C(=O)N1CCOCC1. The van der Waals surface area contributed by atoms with Crippen molar-refractivity contribution in [3.63, 3.8) is 0 Å². The van der Waals surface area contributed by atoms with Crippen molar-refractivity contribution in [2.45, 2.75) is 24.3 Å². The van der Waals surface area contributed by atoms with Crippen LogP contribution in [0.2, 0.25) is 0 Å². The summed E-state index contributed by atoms with van der Waals surface area (Å²) in [7, 11) is 0. The summed E-state index contributed by atoms with van der Waals surface area (Å²) in [5, 5.41) is 2.75. The molecule has 0 spiro atoms. The number of nitrogens with zero attached hydrogens (tertiary/aromatic N) is 1.